The number of oxazole rings is 1. The Kier molecular flexibility index (Phi) is 6.40. The van der Waals surface area contributed by atoms with Crippen LogP contribution in [0.1, 0.15) is 0 Å². The molecular weight excluding hydrogens is 486 g/mol. The van der Waals surface area contributed by atoms with E-state index in [1.807, 2.05) is 35.2 Å². The average Bonchev–Trinajstić information content (AvgIpc) is 3.36. The van der Waals surface area contributed by atoms with Gasteiger partial charge in [-0.1, -0.05) is 41.9 Å². The number of hydrogen-bond acceptors (Lipinski definition) is 7. The van der Waals surface area contributed by atoms with Crippen LogP contribution in [-0.2, 0) is 9.84 Å². The lowest BCUT2D eigenvalue weighted by Crippen LogP contribution is -2.46. The van der Waals surface area contributed by atoms with Gasteiger partial charge in [0.15, 0.2) is 0 Å². The predicted molar refractivity (Wildman–Crippen MR) is 136 cm³/mol. The highest BCUT2D eigenvalue weighted by molar-refractivity contribution is 7.91. The number of rotatable bonds is 6. The summed E-state index contributed by atoms with van der Waals surface area (Å²) in [5.41, 5.74) is 1.62. The molecule has 0 bridgehead atoms. The van der Waals surface area contributed by atoms with E-state index in [1.54, 1.807) is 55.6 Å². The summed E-state index contributed by atoms with van der Waals surface area (Å²) in [5, 5.41) is 0.338. The zero-order valence-electron chi connectivity index (χ0n) is 19.1. The third-order valence-corrected chi connectivity index (χ3v) is 7.99. The van der Waals surface area contributed by atoms with Crippen molar-refractivity contribution >= 4 is 33.0 Å². The van der Waals surface area contributed by atoms with Gasteiger partial charge in [-0.3, -0.25) is 0 Å². The Hall–Kier alpha value is -3.49. The lowest BCUT2D eigenvalue weighted by atomic mass is 10.2. The molecule has 2 heterocycles. The fourth-order valence-corrected chi connectivity index (χ4v) is 5.65. The van der Waals surface area contributed by atoms with Crippen LogP contribution >= 0.6 is 11.6 Å². The molecule has 0 spiro atoms. The van der Waals surface area contributed by atoms with Crippen molar-refractivity contribution in [2.45, 2.75) is 9.92 Å². The van der Waals surface area contributed by atoms with E-state index in [0.717, 1.165) is 11.4 Å². The van der Waals surface area contributed by atoms with Crippen molar-refractivity contribution in [3.05, 3.63) is 83.9 Å². The summed E-state index contributed by atoms with van der Waals surface area (Å²) in [5.74, 6) is 1.22. The third kappa shape index (κ3) is 4.59. The maximum Gasteiger partial charge on any atom is 0.236 e. The van der Waals surface area contributed by atoms with E-state index in [2.05, 4.69) is 9.88 Å². The van der Waals surface area contributed by atoms with Gasteiger partial charge in [0.05, 0.1) is 22.6 Å². The molecular formula is C26H24ClN3O4S. The molecule has 35 heavy (non-hydrogen) atoms. The quantitative estimate of drug-likeness (QED) is 0.355. The molecule has 180 valence electrons. The molecule has 9 heteroatoms. The molecule has 0 radical (unpaired) electrons. The normalized spacial score (nSPS) is 14.2. The Morgan fingerprint density at radius 1 is 0.857 bits per heavy atom. The fourth-order valence-electron chi connectivity index (χ4n) is 4.09. The Morgan fingerprint density at radius 3 is 2.14 bits per heavy atom. The van der Waals surface area contributed by atoms with Gasteiger partial charge in [0.2, 0.25) is 26.6 Å². The first-order chi connectivity index (χ1) is 17.0. The summed E-state index contributed by atoms with van der Waals surface area (Å²) in [4.78, 5) is 8.79. The lowest BCUT2D eigenvalue weighted by molar-refractivity contribution is 0.415. The molecule has 7 nitrogen and oxygen atoms in total. The van der Waals surface area contributed by atoms with Crippen LogP contribution < -0.4 is 14.5 Å². The second-order valence-corrected chi connectivity index (χ2v) is 10.4. The summed E-state index contributed by atoms with van der Waals surface area (Å²) < 4.78 is 38.5. The highest BCUT2D eigenvalue weighted by Crippen LogP contribution is 2.37. The second-order valence-electron chi connectivity index (χ2n) is 8.10. The molecule has 1 aliphatic heterocycles. The number of hydrogen-bond donors (Lipinski definition) is 0. The van der Waals surface area contributed by atoms with Gasteiger partial charge >= 0.3 is 0 Å². The van der Waals surface area contributed by atoms with Crippen molar-refractivity contribution in [1.29, 1.82) is 0 Å². The van der Waals surface area contributed by atoms with Crippen molar-refractivity contribution in [3.8, 4) is 17.2 Å². The highest BCUT2D eigenvalue weighted by Gasteiger charge is 2.33. The van der Waals surface area contributed by atoms with Gasteiger partial charge in [0.1, 0.15) is 5.75 Å². The SMILES string of the molecule is COc1ccc(N2CCN(c3oc(-c4ccccc4Cl)nc3S(=O)(=O)c3ccccc3)CC2)cc1. The van der Waals surface area contributed by atoms with Crippen LogP contribution in [0.25, 0.3) is 11.5 Å². The Morgan fingerprint density at radius 2 is 1.49 bits per heavy atom. The second kappa shape index (κ2) is 9.64. The van der Waals surface area contributed by atoms with Crippen LogP contribution in [0, 0.1) is 0 Å². The van der Waals surface area contributed by atoms with Crippen LogP contribution in [0.2, 0.25) is 5.02 Å². The molecule has 0 saturated carbocycles. The summed E-state index contributed by atoms with van der Waals surface area (Å²) in [6, 6.07) is 23.3. The molecule has 3 aromatic carbocycles. The number of halogens is 1. The minimum Gasteiger partial charge on any atom is -0.497 e. The van der Waals surface area contributed by atoms with Crippen LogP contribution in [0.3, 0.4) is 0 Å². The third-order valence-electron chi connectivity index (χ3n) is 6.00. The van der Waals surface area contributed by atoms with Crippen molar-refractivity contribution in [3.63, 3.8) is 0 Å². The first-order valence-corrected chi connectivity index (χ1v) is 13.0. The monoisotopic (exact) mass is 509 g/mol. The first kappa shape index (κ1) is 23.3. The lowest BCUT2D eigenvalue weighted by Gasteiger charge is -2.36. The summed E-state index contributed by atoms with van der Waals surface area (Å²) in [7, 11) is -2.27. The molecule has 5 rings (SSSR count). The standard InChI is InChI=1S/C26H24ClN3O4S/c1-33-20-13-11-19(12-14-20)29-15-17-30(18-16-29)26-25(35(31,32)21-7-3-2-4-8-21)28-24(34-26)22-9-5-6-10-23(22)27/h2-14H,15-18H2,1H3. The van der Waals surface area contributed by atoms with Crippen LogP contribution in [-0.4, -0.2) is 46.7 Å². The smallest absolute Gasteiger partial charge is 0.236 e. The minimum atomic E-state index is -3.91. The average molecular weight is 510 g/mol. The van der Waals surface area contributed by atoms with E-state index < -0.39 is 9.84 Å². The number of aromatic nitrogens is 1. The van der Waals surface area contributed by atoms with Crippen LogP contribution in [0.5, 0.6) is 5.75 Å². The Bertz CT molecular complexity index is 1410. The topological polar surface area (TPSA) is 75.9 Å². The molecule has 1 aromatic heterocycles. The summed E-state index contributed by atoms with van der Waals surface area (Å²) in [6.45, 7) is 2.53. The van der Waals surface area contributed by atoms with E-state index in [9.17, 15) is 8.42 Å². The van der Waals surface area contributed by atoms with Crippen LogP contribution in [0.4, 0.5) is 11.6 Å². The van der Waals surface area contributed by atoms with Gasteiger partial charge in [-0.15, -0.1) is 0 Å². The van der Waals surface area contributed by atoms with E-state index in [0.29, 0.717) is 36.8 Å². The number of piperazine rings is 1. The van der Waals surface area contributed by atoms with E-state index >= 15 is 0 Å². The number of anilines is 2. The largest absolute Gasteiger partial charge is 0.497 e. The van der Waals surface area contributed by atoms with Crippen LogP contribution in [0.15, 0.2) is 93.2 Å². The molecule has 0 N–H and O–H groups in total. The summed E-state index contributed by atoms with van der Waals surface area (Å²) >= 11 is 6.37. The maximum absolute atomic E-state index is 13.6. The number of benzene rings is 3. The minimum absolute atomic E-state index is 0.100. The van der Waals surface area contributed by atoms with Gasteiger partial charge in [-0.2, -0.15) is 4.98 Å². The Balaban J connectivity index is 1.49. The fraction of sp³-hybridized carbons (Fsp3) is 0.192. The number of methoxy groups -OCH3 is 1. The van der Waals surface area contributed by atoms with Gasteiger partial charge < -0.3 is 19.0 Å². The molecule has 0 atom stereocenters. The molecule has 1 saturated heterocycles. The highest BCUT2D eigenvalue weighted by atomic mass is 35.5. The van der Waals surface area contributed by atoms with Crippen molar-refractivity contribution in [2.75, 3.05) is 43.1 Å². The van der Waals surface area contributed by atoms with E-state index in [1.165, 1.54) is 0 Å². The number of nitrogens with zero attached hydrogens (tertiary/aromatic N) is 3. The van der Waals surface area contributed by atoms with E-state index in [4.69, 9.17) is 20.8 Å². The van der Waals surface area contributed by atoms with Gasteiger partial charge in [0, 0.05) is 31.9 Å². The molecule has 0 aliphatic carbocycles. The van der Waals surface area contributed by atoms with Crippen molar-refractivity contribution in [1.82, 2.24) is 4.98 Å². The summed E-state index contributed by atoms with van der Waals surface area (Å²) in [6.07, 6.45) is 0. The predicted octanol–water partition coefficient (Wildman–Crippen LogP) is 5.16. The van der Waals surface area contributed by atoms with Crippen molar-refractivity contribution < 1.29 is 17.6 Å². The number of ether oxygens (including phenoxy) is 1. The Labute approximate surface area is 209 Å². The molecule has 0 amide bonds. The first-order valence-electron chi connectivity index (χ1n) is 11.2. The molecule has 1 fully saturated rings. The zero-order chi connectivity index (χ0) is 24.4. The van der Waals surface area contributed by atoms with Gasteiger partial charge in [-0.05, 0) is 48.5 Å². The van der Waals surface area contributed by atoms with Gasteiger partial charge in [0.25, 0.3) is 0 Å². The van der Waals surface area contributed by atoms with Crippen molar-refractivity contribution in [2.24, 2.45) is 0 Å². The van der Waals surface area contributed by atoms with E-state index in [-0.39, 0.29) is 21.7 Å². The molecule has 1 aliphatic rings. The molecule has 0 unspecified atom stereocenters. The molecule has 4 aromatic rings. The van der Waals surface area contributed by atoms with Gasteiger partial charge in [-0.25, -0.2) is 8.42 Å². The maximum atomic E-state index is 13.6. The zero-order valence-corrected chi connectivity index (χ0v) is 20.7. The number of sulfone groups is 1.